The Bertz CT molecular complexity index is 881. The maximum atomic E-state index is 13.8. The van der Waals surface area contributed by atoms with Crippen LogP contribution in [0, 0.1) is 12.9 Å². The van der Waals surface area contributed by atoms with E-state index in [4.69, 9.17) is 4.74 Å². The fourth-order valence-electron chi connectivity index (χ4n) is 2.36. The van der Waals surface area contributed by atoms with E-state index in [1.165, 1.54) is 24.3 Å². The van der Waals surface area contributed by atoms with Crippen molar-refractivity contribution < 1.29 is 26.9 Å². The van der Waals surface area contributed by atoms with Crippen LogP contribution < -0.4 is 4.74 Å². The molecule has 0 aliphatic heterocycles. The molecule has 0 saturated heterocycles. The molecular weight excluding hydrogens is 414 g/mol. The van der Waals surface area contributed by atoms with Crippen LogP contribution in [0.25, 0.3) is 5.76 Å². The van der Waals surface area contributed by atoms with E-state index in [-0.39, 0.29) is 28.1 Å². The smallest absolute Gasteiger partial charge is 0.446 e. The number of benzene rings is 1. The highest BCUT2D eigenvalue weighted by Gasteiger charge is 2.29. The summed E-state index contributed by atoms with van der Waals surface area (Å²) in [6.45, 7) is 6.80. The molecule has 0 aliphatic rings. The second-order valence-electron chi connectivity index (χ2n) is 6.02. The summed E-state index contributed by atoms with van der Waals surface area (Å²) in [7, 11) is 0. The molecule has 0 fully saturated rings. The molecule has 0 saturated carbocycles. The fraction of sp³-hybridized carbons (Fsp3) is 0.316. The zero-order valence-electron chi connectivity index (χ0n) is 15.7. The van der Waals surface area contributed by atoms with Crippen LogP contribution in [0.3, 0.4) is 0 Å². The molecule has 2 rings (SSSR count). The Hall–Kier alpha value is -1.71. The van der Waals surface area contributed by atoms with E-state index in [1.807, 2.05) is 0 Å². The van der Waals surface area contributed by atoms with Gasteiger partial charge in [-0.05, 0) is 86.0 Å². The monoisotopic (exact) mass is 433 g/mol. The molecule has 1 aromatic carbocycles. The number of ether oxygens (including phenoxy) is 1. The molecule has 0 aliphatic carbocycles. The lowest BCUT2D eigenvalue weighted by molar-refractivity contribution is -0.0328. The zero-order valence-corrected chi connectivity index (χ0v) is 17.3. The van der Waals surface area contributed by atoms with Gasteiger partial charge >= 0.3 is 5.51 Å². The van der Waals surface area contributed by atoms with Crippen molar-refractivity contribution in [2.45, 2.75) is 43.0 Å². The molecule has 0 spiro atoms. The van der Waals surface area contributed by atoms with Gasteiger partial charge < -0.3 is 9.29 Å². The van der Waals surface area contributed by atoms with Crippen molar-refractivity contribution in [3.8, 4) is 5.75 Å². The summed E-state index contributed by atoms with van der Waals surface area (Å²) in [6.07, 6.45) is 0. The van der Waals surface area contributed by atoms with Crippen molar-refractivity contribution in [3.63, 3.8) is 0 Å². The number of thioether (sulfide) groups is 1. The number of aromatic nitrogens is 1. The van der Waals surface area contributed by atoms with Crippen LogP contribution in [0.4, 0.5) is 17.6 Å². The molecule has 1 heterocycles. The topological polar surface area (TPSA) is 45.2 Å². The molecule has 2 aromatic rings. The van der Waals surface area contributed by atoms with Crippen molar-refractivity contribution in [2.75, 3.05) is 5.75 Å². The Morgan fingerprint density at radius 3 is 2.43 bits per heavy atom. The van der Waals surface area contributed by atoms with Crippen LogP contribution in [-0.2, 0) is 11.2 Å². The molecule has 0 N–H and O–H groups in total. The molecule has 3 nitrogen and oxygen atoms in total. The first-order chi connectivity index (χ1) is 13.0. The SMILES string of the molecule is CC[S+]([O-])c1ccc(F)nc1C(Oc1ccc(SC(F)(F)F)cc1C)=C(C)C. The number of hydrogen-bond donors (Lipinski definition) is 0. The Balaban J connectivity index is 2.43. The van der Waals surface area contributed by atoms with Crippen molar-refractivity contribution in [1.82, 2.24) is 4.98 Å². The van der Waals surface area contributed by atoms with E-state index in [2.05, 4.69) is 4.98 Å². The van der Waals surface area contributed by atoms with Gasteiger partial charge in [-0.1, -0.05) is 0 Å². The summed E-state index contributed by atoms with van der Waals surface area (Å²) in [6, 6.07) is 6.61. The molecule has 0 amide bonds. The first-order valence-corrected chi connectivity index (χ1v) is 10.4. The number of nitrogens with zero attached hydrogens (tertiary/aromatic N) is 1. The molecule has 152 valence electrons. The maximum Gasteiger partial charge on any atom is 0.446 e. The zero-order chi connectivity index (χ0) is 21.1. The molecule has 1 atom stereocenters. The molecule has 28 heavy (non-hydrogen) atoms. The number of hydrogen-bond acceptors (Lipinski definition) is 4. The lowest BCUT2D eigenvalue weighted by atomic mass is 10.2. The van der Waals surface area contributed by atoms with Crippen molar-refractivity contribution in [2.24, 2.45) is 0 Å². The lowest BCUT2D eigenvalue weighted by Crippen LogP contribution is -2.12. The van der Waals surface area contributed by atoms with Crippen LogP contribution in [-0.4, -0.2) is 20.8 Å². The Morgan fingerprint density at radius 2 is 1.89 bits per heavy atom. The number of aryl methyl sites for hydroxylation is 1. The summed E-state index contributed by atoms with van der Waals surface area (Å²) in [5.41, 5.74) is -3.14. The normalized spacial score (nSPS) is 12.6. The number of pyridine rings is 1. The highest BCUT2D eigenvalue weighted by atomic mass is 32.2. The number of allylic oxidation sites excluding steroid dienone is 1. The van der Waals surface area contributed by atoms with Gasteiger partial charge in [0.1, 0.15) is 11.5 Å². The summed E-state index contributed by atoms with van der Waals surface area (Å²) in [4.78, 5) is 4.23. The van der Waals surface area contributed by atoms with Gasteiger partial charge in [0.2, 0.25) is 5.95 Å². The van der Waals surface area contributed by atoms with Gasteiger partial charge in [0.15, 0.2) is 16.3 Å². The second-order valence-corrected chi connectivity index (χ2v) is 8.87. The van der Waals surface area contributed by atoms with Crippen LogP contribution in [0.1, 0.15) is 32.0 Å². The minimum Gasteiger partial charge on any atom is -0.611 e. The Kier molecular flexibility index (Phi) is 7.41. The molecule has 0 radical (unpaired) electrons. The van der Waals surface area contributed by atoms with E-state index in [1.54, 1.807) is 27.7 Å². The van der Waals surface area contributed by atoms with Crippen molar-refractivity contribution in [1.29, 1.82) is 0 Å². The highest BCUT2D eigenvalue weighted by Crippen LogP contribution is 2.39. The summed E-state index contributed by atoms with van der Waals surface area (Å²) >= 11 is -1.61. The van der Waals surface area contributed by atoms with E-state index >= 15 is 0 Å². The maximum absolute atomic E-state index is 13.8. The van der Waals surface area contributed by atoms with Gasteiger partial charge in [-0.2, -0.15) is 17.6 Å². The van der Waals surface area contributed by atoms with Gasteiger partial charge in [-0.15, -0.1) is 0 Å². The summed E-state index contributed by atoms with van der Waals surface area (Å²) in [5, 5.41) is 0. The van der Waals surface area contributed by atoms with Crippen molar-refractivity contribution in [3.05, 3.63) is 53.1 Å². The van der Waals surface area contributed by atoms with E-state index in [0.29, 0.717) is 27.5 Å². The number of halogens is 4. The van der Waals surface area contributed by atoms with Gasteiger partial charge in [-0.3, -0.25) is 0 Å². The first kappa shape index (κ1) is 22.6. The minimum absolute atomic E-state index is 0.0350. The summed E-state index contributed by atoms with van der Waals surface area (Å²) < 4.78 is 69.7. The molecule has 0 bridgehead atoms. The average Bonchev–Trinajstić information content (AvgIpc) is 2.58. The van der Waals surface area contributed by atoms with E-state index in [9.17, 15) is 22.1 Å². The van der Waals surface area contributed by atoms with Crippen LogP contribution in [0.15, 0.2) is 45.7 Å². The van der Waals surface area contributed by atoms with Gasteiger partial charge in [-0.25, -0.2) is 4.98 Å². The minimum atomic E-state index is -4.38. The Labute approximate surface area is 168 Å². The lowest BCUT2D eigenvalue weighted by Gasteiger charge is -2.17. The van der Waals surface area contributed by atoms with Crippen LogP contribution in [0.2, 0.25) is 0 Å². The van der Waals surface area contributed by atoms with Gasteiger partial charge in [0.05, 0.1) is 0 Å². The average molecular weight is 433 g/mol. The molecule has 1 unspecified atom stereocenters. The van der Waals surface area contributed by atoms with Crippen LogP contribution in [0.5, 0.6) is 5.75 Å². The first-order valence-electron chi connectivity index (χ1n) is 8.28. The standard InChI is InChI=1S/C19H19F4NO2S2/c1-5-28(25)15-8-9-16(20)24-17(15)18(11(2)3)26-14-7-6-13(10-12(14)4)27-19(21,22)23/h6-10H,5H2,1-4H3. The van der Waals surface area contributed by atoms with Gasteiger partial charge in [0.25, 0.3) is 0 Å². The van der Waals surface area contributed by atoms with E-state index < -0.39 is 22.6 Å². The van der Waals surface area contributed by atoms with Crippen LogP contribution >= 0.6 is 11.8 Å². The number of rotatable bonds is 6. The highest BCUT2D eigenvalue weighted by molar-refractivity contribution is 8.00. The third-order valence-corrected chi connectivity index (χ3v) is 5.66. The van der Waals surface area contributed by atoms with Crippen molar-refractivity contribution >= 4 is 28.7 Å². The molecule has 9 heteroatoms. The molecule has 1 aromatic heterocycles. The Morgan fingerprint density at radius 1 is 1.21 bits per heavy atom. The largest absolute Gasteiger partial charge is 0.611 e. The summed E-state index contributed by atoms with van der Waals surface area (Å²) in [5.74, 6) is 0.0964. The number of alkyl halides is 3. The van der Waals surface area contributed by atoms with Gasteiger partial charge in [0, 0.05) is 11.0 Å². The third kappa shape index (κ3) is 5.89. The predicted octanol–water partition coefficient (Wildman–Crippen LogP) is 6.10. The van der Waals surface area contributed by atoms with E-state index in [0.717, 1.165) is 6.07 Å². The predicted molar refractivity (Wildman–Crippen MR) is 103 cm³/mol. The third-order valence-electron chi connectivity index (χ3n) is 3.59. The quantitative estimate of drug-likeness (QED) is 0.182. The molecular formula is C19H19F4NO2S2. The second kappa shape index (κ2) is 9.19. The fourth-order valence-corrected chi connectivity index (χ4v) is 3.88.